The van der Waals surface area contributed by atoms with Crippen molar-refractivity contribution >= 4 is 11.5 Å². The van der Waals surface area contributed by atoms with Crippen molar-refractivity contribution < 1.29 is 9.90 Å². The lowest BCUT2D eigenvalue weighted by Crippen LogP contribution is -2.11. The highest BCUT2D eigenvalue weighted by Crippen LogP contribution is 2.25. The Bertz CT molecular complexity index is 612. The van der Waals surface area contributed by atoms with Crippen molar-refractivity contribution in [3.05, 3.63) is 35.4 Å². The third-order valence-electron chi connectivity index (χ3n) is 3.51. The number of aromatic nitrogens is 2. The molecule has 3 heterocycles. The first-order valence-electron chi connectivity index (χ1n) is 6.10. The van der Waals surface area contributed by atoms with Gasteiger partial charge in [0, 0.05) is 18.2 Å². The molecule has 5 nitrogen and oxygen atoms in total. The molecule has 3 rings (SSSR count). The van der Waals surface area contributed by atoms with Gasteiger partial charge in [-0.05, 0) is 32.0 Å². The number of rotatable bonds is 2. The van der Waals surface area contributed by atoms with Crippen LogP contribution in [0, 0.1) is 6.92 Å². The van der Waals surface area contributed by atoms with Crippen LogP contribution < -0.4 is 5.32 Å². The zero-order valence-corrected chi connectivity index (χ0v) is 10.2. The molecule has 0 radical (unpaired) electrons. The maximum atomic E-state index is 11.3. The van der Waals surface area contributed by atoms with E-state index >= 15 is 0 Å². The van der Waals surface area contributed by atoms with E-state index in [1.54, 1.807) is 0 Å². The van der Waals surface area contributed by atoms with Crippen molar-refractivity contribution in [1.29, 1.82) is 0 Å². The van der Waals surface area contributed by atoms with Crippen LogP contribution in [0.3, 0.4) is 0 Å². The molecule has 94 valence electrons. The lowest BCUT2D eigenvalue weighted by atomic mass is 10.1. The minimum Gasteiger partial charge on any atom is -0.476 e. The van der Waals surface area contributed by atoms with Crippen molar-refractivity contribution in [2.75, 3.05) is 13.1 Å². The van der Waals surface area contributed by atoms with Crippen LogP contribution in [0.2, 0.25) is 0 Å². The first-order valence-corrected chi connectivity index (χ1v) is 6.10. The average Bonchev–Trinajstić information content (AvgIpc) is 2.95. The van der Waals surface area contributed by atoms with Crippen LogP contribution in [-0.4, -0.2) is 33.6 Å². The number of fused-ring (bicyclic) bond motifs is 1. The summed E-state index contributed by atoms with van der Waals surface area (Å²) in [6, 6.07) is 5.66. The Hall–Kier alpha value is -1.88. The molecule has 2 aromatic heterocycles. The van der Waals surface area contributed by atoms with E-state index in [1.165, 1.54) is 0 Å². The van der Waals surface area contributed by atoms with Crippen molar-refractivity contribution in [3.8, 4) is 0 Å². The Morgan fingerprint density at radius 2 is 2.39 bits per heavy atom. The van der Waals surface area contributed by atoms with E-state index in [-0.39, 0.29) is 5.69 Å². The van der Waals surface area contributed by atoms with E-state index in [1.807, 2.05) is 29.5 Å². The predicted octanol–water partition coefficient (Wildman–Crippen LogP) is 1.42. The standard InChI is InChI=1S/C13H15N3O2/c1-8-3-2-4-10-11(13(17)18)15-12(16(8)10)9-5-6-14-7-9/h2-4,9,14H,5-7H2,1H3,(H,17,18). The molecular weight excluding hydrogens is 230 g/mol. The summed E-state index contributed by atoms with van der Waals surface area (Å²) in [6.45, 7) is 3.81. The quantitative estimate of drug-likeness (QED) is 0.839. The summed E-state index contributed by atoms with van der Waals surface area (Å²) in [7, 11) is 0. The summed E-state index contributed by atoms with van der Waals surface area (Å²) in [5.41, 5.74) is 1.86. The smallest absolute Gasteiger partial charge is 0.356 e. The zero-order chi connectivity index (χ0) is 12.7. The Kier molecular flexibility index (Phi) is 2.56. The molecule has 1 aliphatic rings. The second kappa shape index (κ2) is 4.10. The molecule has 2 aromatic rings. The molecule has 1 aliphatic heterocycles. The molecule has 1 fully saturated rings. The fourth-order valence-corrected chi connectivity index (χ4v) is 2.63. The van der Waals surface area contributed by atoms with Gasteiger partial charge in [0.15, 0.2) is 5.69 Å². The van der Waals surface area contributed by atoms with Crippen LogP contribution in [0.25, 0.3) is 5.52 Å². The van der Waals surface area contributed by atoms with Crippen LogP contribution in [0.4, 0.5) is 0 Å². The number of nitrogens with zero attached hydrogens (tertiary/aromatic N) is 2. The monoisotopic (exact) mass is 245 g/mol. The Labute approximate surface area is 104 Å². The molecule has 0 spiro atoms. The van der Waals surface area contributed by atoms with Gasteiger partial charge < -0.3 is 10.4 Å². The number of carbonyl (C=O) groups is 1. The van der Waals surface area contributed by atoms with Crippen LogP contribution in [0.15, 0.2) is 18.2 Å². The third kappa shape index (κ3) is 1.59. The van der Waals surface area contributed by atoms with Crippen LogP contribution in [-0.2, 0) is 0 Å². The minimum atomic E-state index is -0.963. The summed E-state index contributed by atoms with van der Waals surface area (Å²) in [5.74, 6) is 0.201. The normalized spacial score (nSPS) is 19.5. The van der Waals surface area contributed by atoms with Gasteiger partial charge in [-0.3, -0.25) is 4.40 Å². The third-order valence-corrected chi connectivity index (χ3v) is 3.51. The first kappa shape index (κ1) is 11.2. The van der Waals surface area contributed by atoms with Crippen molar-refractivity contribution in [2.45, 2.75) is 19.3 Å². The topological polar surface area (TPSA) is 66.6 Å². The molecule has 1 saturated heterocycles. The van der Waals surface area contributed by atoms with E-state index in [0.29, 0.717) is 11.4 Å². The van der Waals surface area contributed by atoms with Gasteiger partial charge >= 0.3 is 5.97 Å². The number of pyridine rings is 1. The van der Waals surface area contributed by atoms with Crippen LogP contribution >= 0.6 is 0 Å². The molecule has 2 N–H and O–H groups in total. The second-order valence-electron chi connectivity index (χ2n) is 4.70. The van der Waals surface area contributed by atoms with Crippen molar-refractivity contribution in [1.82, 2.24) is 14.7 Å². The molecule has 5 heteroatoms. The Morgan fingerprint density at radius 1 is 1.56 bits per heavy atom. The van der Waals surface area contributed by atoms with Gasteiger partial charge in [-0.1, -0.05) is 6.07 Å². The van der Waals surface area contributed by atoms with Gasteiger partial charge in [0.2, 0.25) is 0 Å². The maximum absolute atomic E-state index is 11.3. The highest BCUT2D eigenvalue weighted by molar-refractivity contribution is 5.93. The number of nitrogens with one attached hydrogen (secondary N) is 1. The molecule has 0 aliphatic carbocycles. The van der Waals surface area contributed by atoms with E-state index in [0.717, 1.165) is 31.0 Å². The van der Waals surface area contributed by atoms with E-state index in [9.17, 15) is 9.90 Å². The fourth-order valence-electron chi connectivity index (χ4n) is 2.63. The minimum absolute atomic E-state index is 0.153. The molecule has 0 saturated carbocycles. The predicted molar refractivity (Wildman–Crippen MR) is 67.1 cm³/mol. The van der Waals surface area contributed by atoms with Gasteiger partial charge in [0.1, 0.15) is 5.82 Å². The van der Waals surface area contributed by atoms with E-state index in [4.69, 9.17) is 0 Å². The van der Waals surface area contributed by atoms with Crippen LogP contribution in [0.5, 0.6) is 0 Å². The molecular formula is C13H15N3O2. The van der Waals surface area contributed by atoms with E-state index < -0.39 is 5.97 Å². The number of hydrogen-bond donors (Lipinski definition) is 2. The summed E-state index contributed by atoms with van der Waals surface area (Å²) < 4.78 is 1.97. The first-order chi connectivity index (χ1) is 8.68. The van der Waals surface area contributed by atoms with Crippen LogP contribution in [0.1, 0.15) is 34.3 Å². The number of carboxylic acid groups (broad SMARTS) is 1. The molecule has 18 heavy (non-hydrogen) atoms. The zero-order valence-electron chi connectivity index (χ0n) is 10.2. The Morgan fingerprint density at radius 3 is 3.06 bits per heavy atom. The molecule has 0 amide bonds. The average molecular weight is 245 g/mol. The number of aryl methyl sites for hydroxylation is 1. The lowest BCUT2D eigenvalue weighted by Gasteiger charge is -2.09. The largest absolute Gasteiger partial charge is 0.476 e. The summed E-state index contributed by atoms with van der Waals surface area (Å²) in [4.78, 5) is 15.6. The second-order valence-corrected chi connectivity index (χ2v) is 4.70. The molecule has 0 aromatic carbocycles. The van der Waals surface area contributed by atoms with Crippen molar-refractivity contribution in [3.63, 3.8) is 0 Å². The molecule has 0 bridgehead atoms. The summed E-state index contributed by atoms with van der Waals surface area (Å²) >= 11 is 0. The highest BCUT2D eigenvalue weighted by atomic mass is 16.4. The number of carboxylic acids is 1. The van der Waals surface area contributed by atoms with Gasteiger partial charge in [-0.2, -0.15) is 0 Å². The maximum Gasteiger partial charge on any atom is 0.356 e. The number of hydrogen-bond acceptors (Lipinski definition) is 3. The van der Waals surface area contributed by atoms with Gasteiger partial charge in [-0.25, -0.2) is 9.78 Å². The van der Waals surface area contributed by atoms with Gasteiger partial charge in [0.25, 0.3) is 0 Å². The number of aromatic carboxylic acids is 1. The van der Waals surface area contributed by atoms with Crippen molar-refractivity contribution in [2.24, 2.45) is 0 Å². The van der Waals surface area contributed by atoms with E-state index in [2.05, 4.69) is 10.3 Å². The summed E-state index contributed by atoms with van der Waals surface area (Å²) in [5, 5.41) is 12.5. The molecule has 1 unspecified atom stereocenters. The highest BCUT2D eigenvalue weighted by Gasteiger charge is 2.25. The Balaban J connectivity index is 2.27. The van der Waals surface area contributed by atoms with Gasteiger partial charge in [0.05, 0.1) is 5.52 Å². The van der Waals surface area contributed by atoms with Gasteiger partial charge in [-0.15, -0.1) is 0 Å². The SMILES string of the molecule is Cc1cccc2c(C(=O)O)nc(C3CCNC3)n12. The summed E-state index contributed by atoms with van der Waals surface area (Å²) in [6.07, 6.45) is 1.01. The molecule has 1 atom stereocenters. The number of imidazole rings is 1. The lowest BCUT2D eigenvalue weighted by molar-refractivity contribution is 0.0693. The fraction of sp³-hybridized carbons (Fsp3) is 0.385.